The van der Waals surface area contributed by atoms with E-state index in [-0.39, 0.29) is 5.41 Å². The van der Waals surface area contributed by atoms with Crippen molar-refractivity contribution in [2.75, 3.05) is 5.88 Å². The number of benzene rings is 2. The quantitative estimate of drug-likeness (QED) is 0.572. The average Bonchev–Trinajstić information content (AvgIpc) is 2.96. The minimum Gasteiger partial charge on any atom is -0.241 e. The van der Waals surface area contributed by atoms with Crippen LogP contribution in [0.4, 0.5) is 0 Å². The van der Waals surface area contributed by atoms with Crippen LogP contribution in [0.3, 0.4) is 0 Å². The Hall–Kier alpha value is -1.38. The lowest BCUT2D eigenvalue weighted by Crippen LogP contribution is -2.30. The molecule has 0 aliphatic rings. The Morgan fingerprint density at radius 3 is 2.43 bits per heavy atom. The Balaban J connectivity index is 1.98. The lowest BCUT2D eigenvalue weighted by atomic mass is 9.77. The third-order valence-electron chi connectivity index (χ3n) is 4.15. The van der Waals surface area contributed by atoms with E-state index in [2.05, 4.69) is 55.5 Å². The van der Waals surface area contributed by atoms with Crippen LogP contribution in [0.25, 0.3) is 10.2 Å². The maximum Gasteiger partial charge on any atom is 0.0947 e. The van der Waals surface area contributed by atoms with Crippen LogP contribution < -0.4 is 0 Å². The van der Waals surface area contributed by atoms with E-state index in [4.69, 9.17) is 16.6 Å². The van der Waals surface area contributed by atoms with Crippen LogP contribution in [0.5, 0.6) is 0 Å². The van der Waals surface area contributed by atoms with Crippen LogP contribution in [0.15, 0.2) is 54.6 Å². The van der Waals surface area contributed by atoms with Gasteiger partial charge in [-0.25, -0.2) is 4.98 Å². The second kappa shape index (κ2) is 6.17. The van der Waals surface area contributed by atoms with Crippen molar-refractivity contribution in [3.63, 3.8) is 0 Å². The van der Waals surface area contributed by atoms with E-state index in [1.54, 1.807) is 11.3 Å². The molecule has 3 rings (SSSR count). The van der Waals surface area contributed by atoms with Gasteiger partial charge in [-0.1, -0.05) is 49.4 Å². The molecule has 21 heavy (non-hydrogen) atoms. The topological polar surface area (TPSA) is 12.9 Å². The molecule has 0 aliphatic carbocycles. The largest absolute Gasteiger partial charge is 0.241 e. The molecule has 1 atom stereocenters. The van der Waals surface area contributed by atoms with Gasteiger partial charge in [0, 0.05) is 17.7 Å². The molecule has 0 saturated heterocycles. The molecular formula is C18H18ClNS. The van der Waals surface area contributed by atoms with E-state index in [9.17, 15) is 0 Å². The summed E-state index contributed by atoms with van der Waals surface area (Å²) in [6.45, 7) is 2.21. The van der Waals surface area contributed by atoms with Crippen LogP contribution >= 0.6 is 22.9 Å². The Morgan fingerprint density at radius 2 is 1.76 bits per heavy atom. The molecule has 0 spiro atoms. The minimum atomic E-state index is -0.0311. The molecule has 0 N–H and O–H groups in total. The first kappa shape index (κ1) is 14.6. The van der Waals surface area contributed by atoms with E-state index in [0.29, 0.717) is 5.88 Å². The zero-order valence-electron chi connectivity index (χ0n) is 12.1. The minimum absolute atomic E-state index is 0.0311. The number of halogens is 1. The highest BCUT2D eigenvalue weighted by Crippen LogP contribution is 2.35. The third kappa shape index (κ3) is 2.83. The number of para-hydroxylation sites is 1. The molecule has 3 aromatic rings. The van der Waals surface area contributed by atoms with Gasteiger partial charge >= 0.3 is 0 Å². The summed E-state index contributed by atoms with van der Waals surface area (Å²) in [6, 6.07) is 18.9. The highest BCUT2D eigenvalue weighted by Gasteiger charge is 2.31. The second-order valence-corrected chi connectivity index (χ2v) is 6.77. The molecule has 1 aromatic heterocycles. The van der Waals surface area contributed by atoms with Gasteiger partial charge in [0.2, 0.25) is 0 Å². The van der Waals surface area contributed by atoms with Crippen molar-refractivity contribution >= 4 is 33.2 Å². The monoisotopic (exact) mass is 315 g/mol. The van der Waals surface area contributed by atoms with Crippen molar-refractivity contribution in [2.24, 2.45) is 0 Å². The van der Waals surface area contributed by atoms with E-state index in [1.165, 1.54) is 15.3 Å². The standard InChI is InChI=1S/C18H18ClNS/c1-2-18(13-19,14-8-4-3-5-9-14)12-17-20-15-10-6-7-11-16(15)21-17/h3-11H,2,12-13H2,1H3. The molecule has 0 aliphatic heterocycles. The van der Waals surface area contributed by atoms with E-state index < -0.39 is 0 Å². The predicted molar refractivity (Wildman–Crippen MR) is 92.5 cm³/mol. The molecule has 0 radical (unpaired) electrons. The van der Waals surface area contributed by atoms with E-state index in [1.807, 2.05) is 6.07 Å². The smallest absolute Gasteiger partial charge is 0.0947 e. The number of rotatable bonds is 5. The van der Waals surface area contributed by atoms with E-state index in [0.717, 1.165) is 18.4 Å². The SMILES string of the molecule is CCC(CCl)(Cc1nc2ccccc2s1)c1ccccc1. The molecule has 0 saturated carbocycles. The third-order valence-corrected chi connectivity index (χ3v) is 5.69. The fourth-order valence-electron chi connectivity index (χ4n) is 2.73. The summed E-state index contributed by atoms with van der Waals surface area (Å²) >= 11 is 8.16. The number of hydrogen-bond acceptors (Lipinski definition) is 2. The molecule has 0 bridgehead atoms. The molecule has 2 aromatic carbocycles. The van der Waals surface area contributed by atoms with Gasteiger partial charge < -0.3 is 0 Å². The van der Waals surface area contributed by atoms with Gasteiger partial charge in [0.25, 0.3) is 0 Å². The molecule has 0 fully saturated rings. The maximum atomic E-state index is 6.38. The summed E-state index contributed by atoms with van der Waals surface area (Å²) in [4.78, 5) is 4.78. The van der Waals surface area contributed by atoms with Crippen molar-refractivity contribution in [3.05, 3.63) is 65.2 Å². The molecule has 0 amide bonds. The van der Waals surface area contributed by atoms with Crippen molar-refractivity contribution in [2.45, 2.75) is 25.2 Å². The highest BCUT2D eigenvalue weighted by molar-refractivity contribution is 7.18. The number of alkyl halides is 1. The van der Waals surface area contributed by atoms with Gasteiger partial charge in [-0.05, 0) is 24.1 Å². The molecule has 108 valence electrons. The summed E-state index contributed by atoms with van der Waals surface area (Å²) in [5.41, 5.74) is 2.36. The van der Waals surface area contributed by atoms with Crippen LogP contribution in [0.1, 0.15) is 23.9 Å². The Kier molecular flexibility index (Phi) is 4.27. The average molecular weight is 316 g/mol. The first-order chi connectivity index (χ1) is 10.3. The van der Waals surface area contributed by atoms with Gasteiger partial charge in [-0.3, -0.25) is 0 Å². The molecule has 3 heteroatoms. The van der Waals surface area contributed by atoms with Crippen LogP contribution in [-0.2, 0) is 11.8 Å². The lowest BCUT2D eigenvalue weighted by Gasteiger charge is -2.30. The van der Waals surface area contributed by atoms with Crippen LogP contribution in [-0.4, -0.2) is 10.9 Å². The highest BCUT2D eigenvalue weighted by atomic mass is 35.5. The van der Waals surface area contributed by atoms with Crippen LogP contribution in [0.2, 0.25) is 0 Å². The Labute approximate surface area is 134 Å². The van der Waals surface area contributed by atoms with Crippen molar-refractivity contribution in [3.8, 4) is 0 Å². The van der Waals surface area contributed by atoms with Gasteiger partial charge in [0.05, 0.1) is 15.2 Å². The first-order valence-corrected chi connectivity index (χ1v) is 8.58. The summed E-state index contributed by atoms with van der Waals surface area (Å²) in [6.07, 6.45) is 1.91. The Bertz CT molecular complexity index is 683. The summed E-state index contributed by atoms with van der Waals surface area (Å²) in [7, 11) is 0. The summed E-state index contributed by atoms with van der Waals surface area (Å²) < 4.78 is 1.25. The summed E-state index contributed by atoms with van der Waals surface area (Å²) in [5.74, 6) is 0.615. The normalized spacial score (nSPS) is 14.2. The van der Waals surface area contributed by atoms with Gasteiger partial charge in [0.15, 0.2) is 0 Å². The number of fused-ring (bicyclic) bond motifs is 1. The Morgan fingerprint density at radius 1 is 1.05 bits per heavy atom. The number of nitrogens with zero attached hydrogens (tertiary/aromatic N) is 1. The van der Waals surface area contributed by atoms with E-state index >= 15 is 0 Å². The number of thiazole rings is 1. The predicted octanol–water partition coefficient (Wildman–Crippen LogP) is 5.43. The van der Waals surface area contributed by atoms with Crippen LogP contribution in [0, 0.1) is 0 Å². The zero-order chi connectivity index (χ0) is 14.7. The molecular weight excluding hydrogens is 298 g/mol. The summed E-state index contributed by atoms with van der Waals surface area (Å²) in [5, 5.41) is 1.17. The molecule has 1 unspecified atom stereocenters. The maximum absolute atomic E-state index is 6.38. The van der Waals surface area contributed by atoms with Gasteiger partial charge in [0.1, 0.15) is 0 Å². The first-order valence-electron chi connectivity index (χ1n) is 7.23. The van der Waals surface area contributed by atoms with Crippen molar-refractivity contribution in [1.29, 1.82) is 0 Å². The molecule has 1 heterocycles. The fourth-order valence-corrected chi connectivity index (χ4v) is 4.28. The zero-order valence-corrected chi connectivity index (χ0v) is 13.6. The fraction of sp³-hybridized carbons (Fsp3) is 0.278. The van der Waals surface area contributed by atoms with Crippen molar-refractivity contribution < 1.29 is 0 Å². The lowest BCUT2D eigenvalue weighted by molar-refractivity contribution is 0.457. The molecule has 1 nitrogen and oxygen atoms in total. The second-order valence-electron chi connectivity index (χ2n) is 5.39. The number of aromatic nitrogens is 1. The van der Waals surface area contributed by atoms with Gasteiger partial charge in [-0.2, -0.15) is 0 Å². The van der Waals surface area contributed by atoms with Crippen molar-refractivity contribution in [1.82, 2.24) is 4.98 Å². The van der Waals surface area contributed by atoms with Gasteiger partial charge in [-0.15, -0.1) is 22.9 Å². The number of hydrogen-bond donors (Lipinski definition) is 0.